The van der Waals surface area contributed by atoms with Crippen molar-refractivity contribution in [1.82, 2.24) is 0 Å². The first kappa shape index (κ1) is 10.9. The van der Waals surface area contributed by atoms with Gasteiger partial charge in [0.25, 0.3) is 0 Å². The van der Waals surface area contributed by atoms with Crippen molar-refractivity contribution in [3.63, 3.8) is 0 Å². The largest absolute Gasteiger partial charge is 0.388 e. The smallest absolute Gasteiger partial charge is 0.0341 e. The third-order valence-corrected chi connectivity index (χ3v) is 1.67. The molecule has 0 aliphatic heterocycles. The fraction of sp³-hybridized carbons (Fsp3) is 0.200. The highest BCUT2D eigenvalue weighted by Crippen LogP contribution is 2.12. The molecule has 0 heterocycles. The molecule has 0 amide bonds. The van der Waals surface area contributed by atoms with Gasteiger partial charge >= 0.3 is 0 Å². The SMILES string of the molecule is C#Cc1ccc(NC)cc1C.Cl. The molecule has 0 radical (unpaired) electrons. The highest BCUT2D eigenvalue weighted by molar-refractivity contribution is 5.85. The van der Waals surface area contributed by atoms with Crippen molar-refractivity contribution in [2.24, 2.45) is 0 Å². The van der Waals surface area contributed by atoms with Crippen molar-refractivity contribution >= 4 is 18.1 Å². The van der Waals surface area contributed by atoms with Crippen LogP contribution in [0.5, 0.6) is 0 Å². The molecule has 0 aromatic heterocycles. The standard InChI is InChI=1S/C10H11N.ClH/c1-4-9-5-6-10(11-3)7-8(9)2;/h1,5-7,11H,2-3H3;1H. The summed E-state index contributed by atoms with van der Waals surface area (Å²) < 4.78 is 0. The number of hydrogen-bond acceptors (Lipinski definition) is 1. The Kier molecular flexibility index (Phi) is 4.25. The Balaban J connectivity index is 0.00000121. The van der Waals surface area contributed by atoms with E-state index in [4.69, 9.17) is 6.42 Å². The molecule has 0 saturated carbocycles. The number of terminal acetylenes is 1. The van der Waals surface area contributed by atoms with Gasteiger partial charge in [-0.05, 0) is 30.7 Å². The van der Waals surface area contributed by atoms with Crippen LogP contribution in [0, 0.1) is 19.3 Å². The summed E-state index contributed by atoms with van der Waals surface area (Å²) >= 11 is 0. The molecule has 0 unspecified atom stereocenters. The Hall–Kier alpha value is -1.13. The van der Waals surface area contributed by atoms with Crippen molar-refractivity contribution in [2.45, 2.75) is 6.92 Å². The predicted octanol–water partition coefficient (Wildman–Crippen LogP) is 2.44. The van der Waals surface area contributed by atoms with E-state index < -0.39 is 0 Å². The zero-order chi connectivity index (χ0) is 8.27. The van der Waals surface area contributed by atoms with Crippen molar-refractivity contribution in [3.8, 4) is 12.3 Å². The van der Waals surface area contributed by atoms with Crippen molar-refractivity contribution in [2.75, 3.05) is 12.4 Å². The van der Waals surface area contributed by atoms with Gasteiger partial charge in [0, 0.05) is 18.3 Å². The van der Waals surface area contributed by atoms with Gasteiger partial charge in [-0.15, -0.1) is 18.8 Å². The van der Waals surface area contributed by atoms with Crippen molar-refractivity contribution in [1.29, 1.82) is 0 Å². The first-order chi connectivity index (χ1) is 5.27. The van der Waals surface area contributed by atoms with Crippen LogP contribution in [-0.2, 0) is 0 Å². The lowest BCUT2D eigenvalue weighted by Gasteiger charge is -2.02. The lowest BCUT2D eigenvalue weighted by atomic mass is 10.1. The van der Waals surface area contributed by atoms with Crippen LogP contribution in [0.3, 0.4) is 0 Å². The van der Waals surface area contributed by atoms with Crippen LogP contribution in [0.15, 0.2) is 18.2 Å². The van der Waals surface area contributed by atoms with E-state index in [2.05, 4.69) is 11.2 Å². The van der Waals surface area contributed by atoms with Crippen LogP contribution in [0.25, 0.3) is 0 Å². The molecule has 0 aliphatic carbocycles. The zero-order valence-electron chi connectivity index (χ0n) is 7.22. The number of halogens is 1. The van der Waals surface area contributed by atoms with Crippen molar-refractivity contribution < 1.29 is 0 Å². The number of rotatable bonds is 1. The molecule has 12 heavy (non-hydrogen) atoms. The molecule has 1 aromatic carbocycles. The van der Waals surface area contributed by atoms with Gasteiger partial charge in [0.2, 0.25) is 0 Å². The zero-order valence-corrected chi connectivity index (χ0v) is 8.03. The van der Waals surface area contributed by atoms with Gasteiger partial charge in [-0.25, -0.2) is 0 Å². The first-order valence-corrected chi connectivity index (χ1v) is 3.53. The monoisotopic (exact) mass is 181 g/mol. The van der Waals surface area contributed by atoms with E-state index in [0.717, 1.165) is 16.8 Å². The summed E-state index contributed by atoms with van der Waals surface area (Å²) in [4.78, 5) is 0. The summed E-state index contributed by atoms with van der Waals surface area (Å²) in [5, 5.41) is 3.05. The van der Waals surface area contributed by atoms with Gasteiger partial charge in [0.15, 0.2) is 0 Å². The van der Waals surface area contributed by atoms with Crippen molar-refractivity contribution in [3.05, 3.63) is 29.3 Å². The van der Waals surface area contributed by atoms with Gasteiger partial charge in [-0.2, -0.15) is 0 Å². The molecular weight excluding hydrogens is 170 g/mol. The summed E-state index contributed by atoms with van der Waals surface area (Å²) in [6, 6.07) is 5.96. The Labute approximate surface area is 79.6 Å². The van der Waals surface area contributed by atoms with Gasteiger partial charge in [0.1, 0.15) is 0 Å². The average molecular weight is 182 g/mol. The van der Waals surface area contributed by atoms with Crippen LogP contribution in [0.1, 0.15) is 11.1 Å². The topological polar surface area (TPSA) is 12.0 Å². The molecule has 0 bridgehead atoms. The van der Waals surface area contributed by atoms with E-state index in [0.29, 0.717) is 0 Å². The highest BCUT2D eigenvalue weighted by atomic mass is 35.5. The highest BCUT2D eigenvalue weighted by Gasteiger charge is 1.94. The second kappa shape index (κ2) is 4.69. The minimum absolute atomic E-state index is 0. The molecular formula is C10H12ClN. The van der Waals surface area contributed by atoms with Crippen LogP contribution in [0.4, 0.5) is 5.69 Å². The predicted molar refractivity (Wildman–Crippen MR) is 55.9 cm³/mol. The van der Waals surface area contributed by atoms with Gasteiger partial charge in [0.05, 0.1) is 0 Å². The molecule has 0 spiro atoms. The molecule has 0 saturated heterocycles. The number of hydrogen-bond donors (Lipinski definition) is 1. The average Bonchev–Trinajstić information content (AvgIpc) is 2.04. The van der Waals surface area contributed by atoms with Gasteiger partial charge in [-0.1, -0.05) is 5.92 Å². The van der Waals surface area contributed by atoms with Gasteiger partial charge in [-0.3, -0.25) is 0 Å². The summed E-state index contributed by atoms with van der Waals surface area (Å²) in [6.07, 6.45) is 5.27. The Morgan fingerprint density at radius 1 is 1.42 bits per heavy atom. The number of aryl methyl sites for hydroxylation is 1. The fourth-order valence-electron chi connectivity index (χ4n) is 0.981. The van der Waals surface area contributed by atoms with E-state index >= 15 is 0 Å². The number of benzene rings is 1. The molecule has 1 nitrogen and oxygen atoms in total. The van der Waals surface area contributed by atoms with Crippen LogP contribution < -0.4 is 5.32 Å². The summed E-state index contributed by atoms with van der Waals surface area (Å²) in [5.41, 5.74) is 3.20. The molecule has 1 N–H and O–H groups in total. The molecule has 2 heteroatoms. The first-order valence-electron chi connectivity index (χ1n) is 3.53. The molecule has 0 aliphatic rings. The lowest BCUT2D eigenvalue weighted by molar-refractivity contribution is 1.41. The van der Waals surface area contributed by atoms with E-state index in [9.17, 15) is 0 Å². The normalized spacial score (nSPS) is 8.08. The molecule has 1 aromatic rings. The molecule has 64 valence electrons. The summed E-state index contributed by atoms with van der Waals surface area (Å²) in [7, 11) is 1.89. The second-order valence-corrected chi connectivity index (χ2v) is 2.42. The minimum atomic E-state index is 0. The third-order valence-electron chi connectivity index (χ3n) is 1.67. The van der Waals surface area contributed by atoms with Crippen LogP contribution >= 0.6 is 12.4 Å². The maximum absolute atomic E-state index is 5.27. The second-order valence-electron chi connectivity index (χ2n) is 2.42. The number of nitrogens with one attached hydrogen (secondary N) is 1. The summed E-state index contributed by atoms with van der Waals surface area (Å²) in [6.45, 7) is 2.01. The van der Waals surface area contributed by atoms with E-state index in [1.165, 1.54) is 0 Å². The Morgan fingerprint density at radius 2 is 2.08 bits per heavy atom. The third kappa shape index (κ3) is 2.18. The van der Waals surface area contributed by atoms with E-state index in [-0.39, 0.29) is 12.4 Å². The molecule has 1 rings (SSSR count). The van der Waals surface area contributed by atoms with Crippen LogP contribution in [-0.4, -0.2) is 7.05 Å². The lowest BCUT2D eigenvalue weighted by Crippen LogP contribution is -1.89. The minimum Gasteiger partial charge on any atom is -0.388 e. The Bertz CT molecular complexity index is 299. The molecule has 0 atom stereocenters. The number of anilines is 1. The maximum atomic E-state index is 5.27. The maximum Gasteiger partial charge on any atom is 0.0341 e. The fourth-order valence-corrected chi connectivity index (χ4v) is 0.981. The van der Waals surface area contributed by atoms with Gasteiger partial charge < -0.3 is 5.32 Å². The summed E-state index contributed by atoms with van der Waals surface area (Å²) in [5.74, 6) is 2.62. The van der Waals surface area contributed by atoms with E-state index in [1.54, 1.807) is 0 Å². The quantitative estimate of drug-likeness (QED) is 0.657. The van der Waals surface area contributed by atoms with Crippen LogP contribution in [0.2, 0.25) is 0 Å². The molecule has 0 fully saturated rings. The Morgan fingerprint density at radius 3 is 2.50 bits per heavy atom. The van der Waals surface area contributed by atoms with E-state index in [1.807, 2.05) is 32.2 Å².